The Kier molecular flexibility index (Phi) is 5.79. The number of benzene rings is 1. The number of rotatable bonds is 6. The molecule has 0 aliphatic rings. The summed E-state index contributed by atoms with van der Waals surface area (Å²) in [6.45, 7) is 4.45. The lowest BCUT2D eigenvalue weighted by Crippen LogP contribution is -2.25. The van der Waals surface area contributed by atoms with Crippen molar-refractivity contribution in [1.29, 1.82) is 0 Å². The van der Waals surface area contributed by atoms with Crippen molar-refractivity contribution < 1.29 is 4.74 Å². The summed E-state index contributed by atoms with van der Waals surface area (Å²) < 4.78 is 5.42. The van der Waals surface area contributed by atoms with Gasteiger partial charge in [-0.15, -0.1) is 0 Å². The van der Waals surface area contributed by atoms with Gasteiger partial charge in [-0.1, -0.05) is 44.4 Å². The smallest absolute Gasteiger partial charge is 0.125 e. The Morgan fingerprint density at radius 1 is 1.29 bits per heavy atom. The topological polar surface area (TPSA) is 21.3 Å². The molecule has 0 amide bonds. The zero-order chi connectivity index (χ0) is 12.8. The molecular formula is C14H22ClNO. The van der Waals surface area contributed by atoms with Crippen LogP contribution in [0.3, 0.4) is 0 Å². The molecule has 1 rings (SSSR count). The van der Waals surface area contributed by atoms with Gasteiger partial charge in [0.15, 0.2) is 0 Å². The Hall–Kier alpha value is -0.730. The molecular weight excluding hydrogens is 234 g/mol. The molecule has 0 heterocycles. The van der Waals surface area contributed by atoms with Gasteiger partial charge in [-0.25, -0.2) is 0 Å². The normalized spacial score (nSPS) is 12.8. The maximum Gasteiger partial charge on any atom is 0.125 e. The third-order valence-electron chi connectivity index (χ3n) is 3.36. The second kappa shape index (κ2) is 6.87. The molecule has 2 nitrogen and oxygen atoms in total. The third-order valence-corrected chi connectivity index (χ3v) is 3.60. The van der Waals surface area contributed by atoms with Crippen molar-refractivity contribution in [2.24, 2.45) is 5.92 Å². The van der Waals surface area contributed by atoms with Gasteiger partial charge in [0.2, 0.25) is 0 Å². The van der Waals surface area contributed by atoms with Crippen LogP contribution in [-0.2, 0) is 0 Å². The van der Waals surface area contributed by atoms with Gasteiger partial charge in [-0.2, -0.15) is 0 Å². The van der Waals surface area contributed by atoms with Crippen molar-refractivity contribution >= 4 is 11.6 Å². The molecule has 0 bridgehead atoms. The molecule has 1 unspecified atom stereocenters. The van der Waals surface area contributed by atoms with Crippen LogP contribution in [0.25, 0.3) is 0 Å². The maximum absolute atomic E-state index is 5.99. The number of hydrogen-bond acceptors (Lipinski definition) is 2. The highest BCUT2D eigenvalue weighted by atomic mass is 35.5. The zero-order valence-electron chi connectivity index (χ0n) is 11.1. The van der Waals surface area contributed by atoms with Crippen LogP contribution >= 0.6 is 11.6 Å². The molecule has 0 fully saturated rings. The number of ether oxygens (including phenoxy) is 1. The molecule has 1 aromatic carbocycles. The quantitative estimate of drug-likeness (QED) is 0.828. The summed E-state index contributed by atoms with van der Waals surface area (Å²) in [5.41, 5.74) is 1.19. The molecule has 96 valence electrons. The van der Waals surface area contributed by atoms with Crippen molar-refractivity contribution in [2.75, 3.05) is 14.2 Å². The van der Waals surface area contributed by atoms with Crippen LogP contribution in [0.15, 0.2) is 18.2 Å². The monoisotopic (exact) mass is 255 g/mol. The summed E-state index contributed by atoms with van der Waals surface area (Å²) >= 11 is 5.99. The predicted molar refractivity (Wildman–Crippen MR) is 73.9 cm³/mol. The van der Waals surface area contributed by atoms with Gasteiger partial charge >= 0.3 is 0 Å². The fourth-order valence-electron chi connectivity index (χ4n) is 2.35. The van der Waals surface area contributed by atoms with E-state index in [-0.39, 0.29) is 0 Å². The number of halogens is 1. The highest BCUT2D eigenvalue weighted by Gasteiger charge is 2.21. The molecule has 0 aromatic heterocycles. The second-order valence-electron chi connectivity index (χ2n) is 4.23. The van der Waals surface area contributed by atoms with E-state index in [1.165, 1.54) is 5.56 Å². The summed E-state index contributed by atoms with van der Waals surface area (Å²) in [5.74, 6) is 1.47. The molecule has 0 saturated heterocycles. The van der Waals surface area contributed by atoms with Gasteiger partial charge in [-0.05, 0) is 25.1 Å². The molecule has 1 atom stereocenters. The van der Waals surface area contributed by atoms with E-state index >= 15 is 0 Å². The van der Waals surface area contributed by atoms with Crippen molar-refractivity contribution in [3.8, 4) is 5.75 Å². The van der Waals surface area contributed by atoms with Crippen LogP contribution in [0.4, 0.5) is 0 Å². The van der Waals surface area contributed by atoms with Crippen molar-refractivity contribution in [1.82, 2.24) is 5.32 Å². The van der Waals surface area contributed by atoms with E-state index in [4.69, 9.17) is 16.3 Å². The van der Waals surface area contributed by atoms with E-state index in [9.17, 15) is 0 Å². The van der Waals surface area contributed by atoms with Crippen LogP contribution < -0.4 is 10.1 Å². The van der Waals surface area contributed by atoms with E-state index < -0.39 is 0 Å². The Morgan fingerprint density at radius 2 is 1.94 bits per heavy atom. The molecule has 0 saturated carbocycles. The van der Waals surface area contributed by atoms with Crippen LogP contribution in [0, 0.1) is 5.92 Å². The fraction of sp³-hybridized carbons (Fsp3) is 0.571. The minimum absolute atomic E-state index is 0.317. The highest BCUT2D eigenvalue weighted by molar-refractivity contribution is 6.30. The fourth-order valence-corrected chi connectivity index (χ4v) is 2.51. The lowest BCUT2D eigenvalue weighted by Gasteiger charge is -2.26. The summed E-state index contributed by atoms with van der Waals surface area (Å²) in [6.07, 6.45) is 2.29. The Labute approximate surface area is 109 Å². The zero-order valence-corrected chi connectivity index (χ0v) is 11.8. The van der Waals surface area contributed by atoms with Gasteiger partial charge in [0.25, 0.3) is 0 Å². The Balaban J connectivity index is 3.10. The first kappa shape index (κ1) is 14.3. The van der Waals surface area contributed by atoms with E-state index in [1.54, 1.807) is 7.11 Å². The average Bonchev–Trinajstić information content (AvgIpc) is 2.36. The standard InChI is InChI=1S/C14H22ClNO/c1-5-10(6-2)14(16-3)12-8-7-11(15)9-13(12)17-4/h7-10,14,16H,5-6H2,1-4H3. The van der Waals surface area contributed by atoms with Gasteiger partial charge in [0.05, 0.1) is 7.11 Å². The molecule has 3 heteroatoms. The molecule has 0 aliphatic heterocycles. The van der Waals surface area contributed by atoms with Crippen LogP contribution in [0.5, 0.6) is 5.75 Å². The Morgan fingerprint density at radius 3 is 2.41 bits per heavy atom. The molecule has 1 aromatic rings. The van der Waals surface area contributed by atoms with Crippen LogP contribution in [0.2, 0.25) is 5.02 Å². The van der Waals surface area contributed by atoms with Crippen molar-refractivity contribution in [2.45, 2.75) is 32.7 Å². The summed E-state index contributed by atoms with van der Waals surface area (Å²) in [4.78, 5) is 0. The van der Waals surface area contributed by atoms with E-state index in [0.29, 0.717) is 17.0 Å². The first-order chi connectivity index (χ1) is 8.17. The minimum Gasteiger partial charge on any atom is -0.496 e. The summed E-state index contributed by atoms with van der Waals surface area (Å²) in [5, 5.41) is 4.10. The first-order valence-electron chi connectivity index (χ1n) is 6.18. The molecule has 0 spiro atoms. The largest absolute Gasteiger partial charge is 0.496 e. The van der Waals surface area contributed by atoms with E-state index in [0.717, 1.165) is 18.6 Å². The molecule has 0 radical (unpaired) electrons. The van der Waals surface area contributed by atoms with Crippen molar-refractivity contribution in [3.05, 3.63) is 28.8 Å². The third kappa shape index (κ3) is 3.36. The SMILES string of the molecule is CCC(CC)C(NC)c1ccc(Cl)cc1OC. The van der Waals surface area contributed by atoms with Crippen LogP contribution in [-0.4, -0.2) is 14.2 Å². The van der Waals surface area contributed by atoms with E-state index in [2.05, 4.69) is 25.2 Å². The van der Waals surface area contributed by atoms with Gasteiger partial charge in [0.1, 0.15) is 5.75 Å². The Bertz CT molecular complexity index is 350. The first-order valence-corrected chi connectivity index (χ1v) is 6.56. The lowest BCUT2D eigenvalue weighted by molar-refractivity contribution is 0.340. The molecule has 1 N–H and O–H groups in total. The highest BCUT2D eigenvalue weighted by Crippen LogP contribution is 2.34. The summed E-state index contributed by atoms with van der Waals surface area (Å²) in [7, 11) is 3.69. The lowest BCUT2D eigenvalue weighted by atomic mass is 9.88. The summed E-state index contributed by atoms with van der Waals surface area (Å²) in [6, 6.07) is 6.17. The van der Waals surface area contributed by atoms with Crippen LogP contribution in [0.1, 0.15) is 38.3 Å². The van der Waals surface area contributed by atoms with Gasteiger partial charge in [-0.3, -0.25) is 0 Å². The van der Waals surface area contributed by atoms with Crippen molar-refractivity contribution in [3.63, 3.8) is 0 Å². The maximum atomic E-state index is 5.99. The number of hydrogen-bond donors (Lipinski definition) is 1. The number of nitrogens with one attached hydrogen (secondary N) is 1. The minimum atomic E-state index is 0.317. The molecule has 17 heavy (non-hydrogen) atoms. The molecule has 0 aliphatic carbocycles. The predicted octanol–water partition coefficient (Wildman–Crippen LogP) is 4.05. The average molecular weight is 256 g/mol. The van der Waals surface area contributed by atoms with Gasteiger partial charge in [0, 0.05) is 16.6 Å². The second-order valence-corrected chi connectivity index (χ2v) is 4.67. The number of methoxy groups -OCH3 is 1. The van der Waals surface area contributed by atoms with E-state index in [1.807, 2.05) is 19.2 Å². The van der Waals surface area contributed by atoms with Gasteiger partial charge < -0.3 is 10.1 Å².